The van der Waals surface area contributed by atoms with E-state index < -0.39 is 17.6 Å². The molecule has 0 spiro atoms. The van der Waals surface area contributed by atoms with Gasteiger partial charge in [-0.15, -0.1) is 0 Å². The highest BCUT2D eigenvalue weighted by molar-refractivity contribution is 6.10. The molecule has 2 N–H and O–H groups in total. The van der Waals surface area contributed by atoms with Crippen LogP contribution in [0.25, 0.3) is 0 Å². The van der Waals surface area contributed by atoms with Gasteiger partial charge in [-0.1, -0.05) is 25.5 Å². The van der Waals surface area contributed by atoms with Gasteiger partial charge in [-0.05, 0) is 36.8 Å². The third kappa shape index (κ3) is 8.07. The predicted octanol–water partition coefficient (Wildman–Crippen LogP) is 5.83. The Morgan fingerprint density at radius 1 is 1.10 bits per heavy atom. The molecule has 3 aromatic rings. The Morgan fingerprint density at radius 2 is 1.88 bits per heavy atom. The fraction of sp³-hybridized carbons (Fsp3) is 0.321. The van der Waals surface area contributed by atoms with Crippen LogP contribution in [0.15, 0.2) is 65.0 Å². The molecule has 0 saturated carbocycles. The first kappa shape index (κ1) is 29.6. The number of halogens is 4. The number of alkyl halides is 3. The average Bonchev–Trinajstić information content (AvgIpc) is 2.97. The van der Waals surface area contributed by atoms with Gasteiger partial charge in [-0.3, -0.25) is 9.98 Å². The number of hydrogen-bond acceptors (Lipinski definition) is 9. The molecule has 1 aliphatic rings. The highest BCUT2D eigenvalue weighted by Gasteiger charge is 2.34. The maximum absolute atomic E-state index is 14.2. The normalized spacial score (nSPS) is 14.7. The van der Waals surface area contributed by atoms with E-state index in [2.05, 4.69) is 35.8 Å². The van der Waals surface area contributed by atoms with Crippen LogP contribution in [0.3, 0.4) is 0 Å². The summed E-state index contributed by atoms with van der Waals surface area (Å²) in [6, 6.07) is 7.33. The largest absolute Gasteiger partial charge is 0.417 e. The second-order valence-corrected chi connectivity index (χ2v) is 8.99. The number of aliphatic imine (C=N–C) groups is 1. The first-order valence-corrected chi connectivity index (χ1v) is 13.0. The molecular formula is C28H30F4N8O. The number of benzene rings is 1. The van der Waals surface area contributed by atoms with Gasteiger partial charge in [-0.2, -0.15) is 23.3 Å². The number of nitrogens with zero attached hydrogens (tertiary/aromatic N) is 6. The zero-order chi connectivity index (χ0) is 29.2. The van der Waals surface area contributed by atoms with Gasteiger partial charge in [0.1, 0.15) is 0 Å². The molecule has 1 fully saturated rings. The Hall–Kier alpha value is -4.39. The number of unbranched alkanes of at least 4 members (excludes halogenated alkanes) is 1. The molecule has 1 aromatic carbocycles. The van der Waals surface area contributed by atoms with Gasteiger partial charge < -0.3 is 15.0 Å². The number of anilines is 4. The molecule has 41 heavy (non-hydrogen) atoms. The van der Waals surface area contributed by atoms with Crippen LogP contribution in [0.2, 0.25) is 0 Å². The van der Waals surface area contributed by atoms with Crippen molar-refractivity contribution in [2.45, 2.75) is 25.9 Å². The van der Waals surface area contributed by atoms with E-state index in [9.17, 15) is 17.6 Å². The predicted molar refractivity (Wildman–Crippen MR) is 152 cm³/mol. The van der Waals surface area contributed by atoms with E-state index in [4.69, 9.17) is 4.74 Å². The molecule has 2 aromatic heterocycles. The van der Waals surface area contributed by atoms with E-state index >= 15 is 0 Å². The van der Waals surface area contributed by atoms with Crippen LogP contribution >= 0.6 is 0 Å². The maximum atomic E-state index is 14.2. The molecule has 13 heteroatoms. The molecule has 0 radical (unpaired) electrons. The molecule has 0 bridgehead atoms. The third-order valence-corrected chi connectivity index (χ3v) is 6.05. The summed E-state index contributed by atoms with van der Waals surface area (Å²) in [5.41, 5.74) is 3.35. The summed E-state index contributed by atoms with van der Waals surface area (Å²) in [6.07, 6.45) is 4.46. The van der Waals surface area contributed by atoms with Crippen LogP contribution in [-0.2, 0) is 10.9 Å². The van der Waals surface area contributed by atoms with Gasteiger partial charge in [0, 0.05) is 31.4 Å². The zero-order valence-corrected chi connectivity index (χ0v) is 22.6. The lowest BCUT2D eigenvalue weighted by Crippen LogP contribution is -2.37. The summed E-state index contributed by atoms with van der Waals surface area (Å²) in [5, 5.41) is 7.01. The summed E-state index contributed by atoms with van der Waals surface area (Å²) in [6.45, 7) is 4.01. The molecule has 0 aliphatic carbocycles. The summed E-state index contributed by atoms with van der Waals surface area (Å²) in [4.78, 5) is 18.2. The molecule has 1 saturated heterocycles. The zero-order valence-electron chi connectivity index (χ0n) is 22.6. The van der Waals surface area contributed by atoms with E-state index in [1.807, 2.05) is 13.0 Å². The second-order valence-electron chi connectivity index (χ2n) is 8.99. The van der Waals surface area contributed by atoms with Crippen molar-refractivity contribution in [3.63, 3.8) is 0 Å². The Kier molecular flexibility index (Phi) is 9.95. The lowest BCUT2D eigenvalue weighted by atomic mass is 10.0. The van der Waals surface area contributed by atoms with E-state index in [1.165, 1.54) is 25.5 Å². The Labute approximate surface area is 235 Å². The van der Waals surface area contributed by atoms with Crippen molar-refractivity contribution in [1.29, 1.82) is 0 Å². The lowest BCUT2D eigenvalue weighted by Gasteiger charge is -2.27. The molecule has 4 rings (SSSR count). The van der Waals surface area contributed by atoms with Gasteiger partial charge >= 0.3 is 6.18 Å². The number of pyridine rings is 1. The van der Waals surface area contributed by atoms with Gasteiger partial charge in [0.25, 0.3) is 0 Å². The van der Waals surface area contributed by atoms with Crippen LogP contribution in [0, 0.1) is 5.82 Å². The quantitative estimate of drug-likeness (QED) is 0.180. The molecule has 3 heterocycles. The van der Waals surface area contributed by atoms with Crippen LogP contribution in [0.4, 0.5) is 40.7 Å². The number of nitrogens with one attached hydrogen (secondary N) is 2. The number of hydrogen-bond donors (Lipinski definition) is 2. The van der Waals surface area contributed by atoms with E-state index in [0.29, 0.717) is 37.7 Å². The van der Waals surface area contributed by atoms with Crippen LogP contribution < -0.4 is 15.6 Å². The standard InChI is InChI=1S/C28H30F4N8O/c1-3-4-5-6-25(33-2)22-10-9-19(15-23(22)28(30,31)32)37-21-8-7-20(34-16-21)17-36-39-27-35-18-24(29)26(38-27)40-11-13-41-14-12-40/h5-10,15-18,37H,3-4,11-14H2,1-2H3,(H,35,38,39)/b6-5-,33-25?,36-17+. The van der Waals surface area contributed by atoms with Gasteiger partial charge in [0.2, 0.25) is 5.95 Å². The second kappa shape index (κ2) is 13.8. The Morgan fingerprint density at radius 3 is 2.56 bits per heavy atom. The fourth-order valence-corrected chi connectivity index (χ4v) is 4.01. The van der Waals surface area contributed by atoms with E-state index in [1.54, 1.807) is 29.2 Å². The van der Waals surface area contributed by atoms with Gasteiger partial charge in [-0.25, -0.2) is 14.8 Å². The van der Waals surface area contributed by atoms with Crippen LogP contribution in [0.5, 0.6) is 0 Å². The van der Waals surface area contributed by atoms with Gasteiger partial charge in [0.05, 0.1) is 54.5 Å². The monoisotopic (exact) mass is 570 g/mol. The van der Waals surface area contributed by atoms with E-state index in [0.717, 1.165) is 25.1 Å². The lowest BCUT2D eigenvalue weighted by molar-refractivity contribution is -0.137. The van der Waals surface area contributed by atoms with Crippen molar-refractivity contribution in [2.24, 2.45) is 10.1 Å². The summed E-state index contributed by atoms with van der Waals surface area (Å²) in [5.74, 6) is -0.253. The molecule has 0 unspecified atom stereocenters. The molecular weight excluding hydrogens is 540 g/mol. The van der Waals surface area contributed by atoms with Crippen molar-refractivity contribution < 1.29 is 22.3 Å². The number of hydrazone groups is 1. The minimum absolute atomic E-state index is 0.0114. The summed E-state index contributed by atoms with van der Waals surface area (Å²) >= 11 is 0. The van der Waals surface area contributed by atoms with E-state index in [-0.39, 0.29) is 28.7 Å². The number of morpholine rings is 1. The number of ether oxygens (including phenoxy) is 1. The molecule has 1 aliphatic heterocycles. The number of allylic oxidation sites excluding steroid dienone is 2. The molecule has 216 valence electrons. The first-order valence-electron chi connectivity index (χ1n) is 13.0. The number of rotatable bonds is 10. The topological polar surface area (TPSA) is 99.9 Å². The SMILES string of the molecule is CCC/C=C\C(=NC)c1ccc(Nc2ccc(/C=N/Nc3ncc(F)c(N4CCOCC4)n3)nc2)cc1C(F)(F)F. The van der Waals surface area contributed by atoms with Crippen molar-refractivity contribution >= 4 is 35.1 Å². The third-order valence-electron chi connectivity index (χ3n) is 6.05. The molecule has 9 nitrogen and oxygen atoms in total. The molecule has 0 amide bonds. The molecule has 0 atom stereocenters. The van der Waals surface area contributed by atoms with Crippen molar-refractivity contribution in [2.75, 3.05) is 49.0 Å². The Bertz CT molecular complexity index is 1400. The minimum Gasteiger partial charge on any atom is -0.378 e. The van der Waals surface area contributed by atoms with Crippen molar-refractivity contribution in [3.05, 3.63) is 77.5 Å². The highest BCUT2D eigenvalue weighted by atomic mass is 19.4. The summed E-state index contributed by atoms with van der Waals surface area (Å²) in [7, 11) is 1.47. The fourth-order valence-electron chi connectivity index (χ4n) is 4.01. The Balaban J connectivity index is 1.42. The maximum Gasteiger partial charge on any atom is 0.417 e. The van der Waals surface area contributed by atoms with Crippen LogP contribution in [0.1, 0.15) is 36.6 Å². The number of aromatic nitrogens is 3. The summed E-state index contributed by atoms with van der Waals surface area (Å²) < 4.78 is 61.2. The first-order chi connectivity index (χ1) is 19.8. The minimum atomic E-state index is -4.57. The van der Waals surface area contributed by atoms with Crippen molar-refractivity contribution in [1.82, 2.24) is 15.0 Å². The smallest absolute Gasteiger partial charge is 0.378 e. The average molecular weight is 571 g/mol. The van der Waals surface area contributed by atoms with Gasteiger partial charge in [0.15, 0.2) is 11.6 Å². The highest BCUT2D eigenvalue weighted by Crippen LogP contribution is 2.35. The van der Waals surface area contributed by atoms with Crippen LogP contribution in [-0.4, -0.2) is 60.2 Å². The van der Waals surface area contributed by atoms with Crippen molar-refractivity contribution in [3.8, 4) is 0 Å².